The van der Waals surface area contributed by atoms with Crippen LogP contribution in [0, 0.1) is 10.1 Å². The molecule has 0 radical (unpaired) electrons. The summed E-state index contributed by atoms with van der Waals surface area (Å²) < 4.78 is 15.8. The number of benzene rings is 1. The number of ether oxygens (including phenoxy) is 3. The van der Waals surface area contributed by atoms with Crippen molar-refractivity contribution < 1.29 is 19.1 Å². The Balaban J connectivity index is 2.06. The Labute approximate surface area is 110 Å². The Morgan fingerprint density at radius 1 is 1.53 bits per heavy atom. The standard InChI is InChI=1S/C12H16N2O5/c1-17-9-2-3-12(14(15)16)11(6-9)13-7-10-8-18-4-5-19-10/h2-3,6,10,13H,4-5,7-8H2,1H3. The van der Waals surface area contributed by atoms with Crippen LogP contribution in [0.3, 0.4) is 0 Å². The minimum Gasteiger partial charge on any atom is -0.497 e. The number of nitrogens with zero attached hydrogens (tertiary/aromatic N) is 1. The Hall–Kier alpha value is -1.86. The van der Waals surface area contributed by atoms with Crippen LogP contribution < -0.4 is 10.1 Å². The third-order valence-corrected chi connectivity index (χ3v) is 2.81. The highest BCUT2D eigenvalue weighted by atomic mass is 16.6. The lowest BCUT2D eigenvalue weighted by Gasteiger charge is -2.23. The molecule has 1 N–H and O–H groups in total. The van der Waals surface area contributed by atoms with Crippen molar-refractivity contribution in [2.45, 2.75) is 6.10 Å². The largest absolute Gasteiger partial charge is 0.497 e. The molecule has 1 aliphatic rings. The summed E-state index contributed by atoms with van der Waals surface area (Å²) in [4.78, 5) is 10.5. The average Bonchev–Trinajstić information content (AvgIpc) is 2.45. The minimum atomic E-state index is -0.431. The Kier molecular flexibility index (Phi) is 4.53. The van der Waals surface area contributed by atoms with E-state index >= 15 is 0 Å². The Morgan fingerprint density at radius 3 is 3.00 bits per heavy atom. The Bertz CT molecular complexity index is 446. The maximum atomic E-state index is 10.9. The van der Waals surface area contributed by atoms with Crippen LogP contribution in [0.5, 0.6) is 5.75 Å². The first-order valence-corrected chi connectivity index (χ1v) is 5.96. The van der Waals surface area contributed by atoms with Gasteiger partial charge in [0.25, 0.3) is 5.69 Å². The average molecular weight is 268 g/mol. The van der Waals surface area contributed by atoms with E-state index in [0.717, 1.165) is 0 Å². The number of hydrogen-bond donors (Lipinski definition) is 1. The second-order valence-electron chi connectivity index (χ2n) is 4.09. The zero-order chi connectivity index (χ0) is 13.7. The summed E-state index contributed by atoms with van der Waals surface area (Å²) in [6.07, 6.45) is -0.0976. The summed E-state index contributed by atoms with van der Waals surface area (Å²) in [5, 5.41) is 14.0. The highest BCUT2D eigenvalue weighted by molar-refractivity contribution is 5.64. The van der Waals surface area contributed by atoms with Crippen molar-refractivity contribution in [3.05, 3.63) is 28.3 Å². The van der Waals surface area contributed by atoms with E-state index in [1.54, 1.807) is 12.1 Å². The highest BCUT2D eigenvalue weighted by Crippen LogP contribution is 2.28. The van der Waals surface area contributed by atoms with E-state index in [1.165, 1.54) is 13.2 Å². The van der Waals surface area contributed by atoms with Crippen molar-refractivity contribution >= 4 is 11.4 Å². The predicted octanol–water partition coefficient (Wildman–Crippen LogP) is 1.43. The van der Waals surface area contributed by atoms with Gasteiger partial charge in [-0.3, -0.25) is 10.1 Å². The van der Waals surface area contributed by atoms with Crippen molar-refractivity contribution in [3.63, 3.8) is 0 Å². The predicted molar refractivity (Wildman–Crippen MR) is 68.7 cm³/mol. The van der Waals surface area contributed by atoms with E-state index < -0.39 is 4.92 Å². The van der Waals surface area contributed by atoms with Crippen molar-refractivity contribution in [1.82, 2.24) is 0 Å². The number of anilines is 1. The zero-order valence-electron chi connectivity index (χ0n) is 10.6. The van der Waals surface area contributed by atoms with E-state index in [1.807, 2.05) is 0 Å². The van der Waals surface area contributed by atoms with Gasteiger partial charge < -0.3 is 19.5 Å². The molecule has 1 fully saturated rings. The smallest absolute Gasteiger partial charge is 0.292 e. The van der Waals surface area contributed by atoms with Gasteiger partial charge in [-0.1, -0.05) is 0 Å². The molecule has 0 aromatic heterocycles. The highest BCUT2D eigenvalue weighted by Gasteiger charge is 2.18. The molecular weight excluding hydrogens is 252 g/mol. The molecule has 1 aromatic carbocycles. The van der Waals surface area contributed by atoms with Crippen molar-refractivity contribution in [1.29, 1.82) is 0 Å². The Morgan fingerprint density at radius 2 is 2.37 bits per heavy atom. The molecule has 1 atom stereocenters. The van der Waals surface area contributed by atoms with Crippen LogP contribution in [0.2, 0.25) is 0 Å². The van der Waals surface area contributed by atoms with E-state index in [2.05, 4.69) is 5.32 Å². The summed E-state index contributed by atoms with van der Waals surface area (Å²) in [6.45, 7) is 2.08. The van der Waals surface area contributed by atoms with Gasteiger partial charge in [-0.2, -0.15) is 0 Å². The number of rotatable bonds is 5. The molecule has 2 rings (SSSR count). The van der Waals surface area contributed by atoms with Crippen molar-refractivity contribution in [3.8, 4) is 5.75 Å². The van der Waals surface area contributed by atoms with Gasteiger partial charge in [0.2, 0.25) is 0 Å². The maximum Gasteiger partial charge on any atom is 0.292 e. The van der Waals surface area contributed by atoms with E-state index in [4.69, 9.17) is 14.2 Å². The molecule has 1 aliphatic heterocycles. The van der Waals surface area contributed by atoms with Crippen LogP contribution in [0.15, 0.2) is 18.2 Å². The fourth-order valence-electron chi connectivity index (χ4n) is 1.82. The van der Waals surface area contributed by atoms with Crippen LogP contribution in [0.25, 0.3) is 0 Å². The monoisotopic (exact) mass is 268 g/mol. The van der Waals surface area contributed by atoms with Gasteiger partial charge in [0, 0.05) is 18.7 Å². The normalized spacial score (nSPS) is 18.9. The first-order chi connectivity index (χ1) is 9.20. The van der Waals surface area contributed by atoms with Gasteiger partial charge in [-0.25, -0.2) is 0 Å². The summed E-state index contributed by atoms with van der Waals surface area (Å²) in [5.74, 6) is 0.564. The first kappa shape index (κ1) is 13.6. The number of nitrogens with one attached hydrogen (secondary N) is 1. The zero-order valence-corrected chi connectivity index (χ0v) is 10.6. The molecule has 0 aliphatic carbocycles. The number of methoxy groups -OCH3 is 1. The number of nitro groups is 1. The number of nitro benzene ring substituents is 1. The van der Waals surface area contributed by atoms with Crippen LogP contribution in [-0.2, 0) is 9.47 Å². The molecule has 1 heterocycles. The van der Waals surface area contributed by atoms with Gasteiger partial charge in [0.05, 0.1) is 38.0 Å². The third-order valence-electron chi connectivity index (χ3n) is 2.81. The van der Waals surface area contributed by atoms with Gasteiger partial charge >= 0.3 is 0 Å². The molecule has 104 valence electrons. The lowest BCUT2D eigenvalue weighted by molar-refractivity contribution is -0.384. The number of hydrogen-bond acceptors (Lipinski definition) is 6. The van der Waals surface area contributed by atoms with E-state index in [-0.39, 0.29) is 11.8 Å². The van der Waals surface area contributed by atoms with E-state index in [9.17, 15) is 10.1 Å². The second kappa shape index (κ2) is 6.35. The van der Waals surface area contributed by atoms with Crippen LogP contribution in [0.4, 0.5) is 11.4 Å². The van der Waals surface area contributed by atoms with E-state index in [0.29, 0.717) is 37.8 Å². The molecule has 1 aromatic rings. The van der Waals surface area contributed by atoms with Gasteiger partial charge in [-0.15, -0.1) is 0 Å². The summed E-state index contributed by atoms with van der Waals surface area (Å²) >= 11 is 0. The fourth-order valence-corrected chi connectivity index (χ4v) is 1.82. The molecule has 7 nitrogen and oxygen atoms in total. The van der Waals surface area contributed by atoms with Gasteiger partial charge in [0.1, 0.15) is 11.4 Å². The molecule has 7 heteroatoms. The SMILES string of the molecule is COc1ccc([N+](=O)[O-])c(NCC2COCCO2)c1. The van der Waals surface area contributed by atoms with Crippen LogP contribution in [-0.4, -0.2) is 44.5 Å². The quantitative estimate of drug-likeness (QED) is 0.642. The lowest BCUT2D eigenvalue weighted by atomic mass is 10.2. The lowest BCUT2D eigenvalue weighted by Crippen LogP contribution is -2.34. The fraction of sp³-hybridized carbons (Fsp3) is 0.500. The topological polar surface area (TPSA) is 82.9 Å². The van der Waals surface area contributed by atoms with Crippen molar-refractivity contribution in [2.24, 2.45) is 0 Å². The molecular formula is C12H16N2O5. The molecule has 1 saturated heterocycles. The molecule has 0 bridgehead atoms. The first-order valence-electron chi connectivity index (χ1n) is 5.96. The van der Waals surface area contributed by atoms with Crippen molar-refractivity contribution in [2.75, 3.05) is 38.8 Å². The molecule has 0 saturated carbocycles. The summed E-state index contributed by atoms with van der Waals surface area (Å²) in [7, 11) is 1.52. The molecule has 19 heavy (non-hydrogen) atoms. The molecule has 1 unspecified atom stereocenters. The van der Waals surface area contributed by atoms with Gasteiger partial charge in [-0.05, 0) is 6.07 Å². The second-order valence-corrected chi connectivity index (χ2v) is 4.09. The van der Waals surface area contributed by atoms with Crippen LogP contribution in [0.1, 0.15) is 0 Å². The molecule has 0 spiro atoms. The molecule has 0 amide bonds. The maximum absolute atomic E-state index is 10.9. The van der Waals surface area contributed by atoms with Gasteiger partial charge in [0.15, 0.2) is 0 Å². The third kappa shape index (κ3) is 3.55. The summed E-state index contributed by atoms with van der Waals surface area (Å²) in [6, 6.07) is 4.57. The minimum absolute atomic E-state index is 0.0116. The summed E-state index contributed by atoms with van der Waals surface area (Å²) in [5.41, 5.74) is 0.427. The van der Waals surface area contributed by atoms with Crippen LogP contribution >= 0.6 is 0 Å².